The molecule has 0 unspecified atom stereocenters. The van der Waals surface area contributed by atoms with Crippen LogP contribution in [0.3, 0.4) is 0 Å². The van der Waals surface area contributed by atoms with Crippen molar-refractivity contribution < 1.29 is 4.79 Å². The minimum absolute atomic E-state index is 0.151. The Labute approximate surface area is 118 Å². The number of nitrogens with two attached hydrogens (primary N) is 1. The van der Waals surface area contributed by atoms with Gasteiger partial charge in [0.2, 0.25) is 5.91 Å². The van der Waals surface area contributed by atoms with Crippen molar-refractivity contribution in [2.75, 3.05) is 43.4 Å². The lowest BCUT2D eigenvalue weighted by molar-refractivity contribution is -0.122. The lowest BCUT2D eigenvalue weighted by Gasteiger charge is -2.35. The second kappa shape index (κ2) is 5.66. The number of carbonyl (C=O) groups is 1. The molecule has 1 aliphatic heterocycles. The third kappa shape index (κ3) is 3.19. The van der Waals surface area contributed by atoms with Gasteiger partial charge in [-0.25, -0.2) is 4.98 Å². The molecule has 1 amide bonds. The number of piperazine rings is 1. The number of nitrogens with zero attached hydrogens (tertiary/aromatic N) is 3. The lowest BCUT2D eigenvalue weighted by Crippen LogP contribution is -2.50. The first-order valence-electron chi connectivity index (χ1n) is 7.19. The van der Waals surface area contributed by atoms with Crippen molar-refractivity contribution in [2.24, 2.45) is 0 Å². The molecular weight excluding hydrogens is 254 g/mol. The van der Waals surface area contributed by atoms with E-state index in [4.69, 9.17) is 5.73 Å². The van der Waals surface area contributed by atoms with Gasteiger partial charge >= 0.3 is 0 Å². The first-order chi connectivity index (χ1) is 9.72. The van der Waals surface area contributed by atoms with E-state index in [2.05, 4.69) is 20.1 Å². The van der Waals surface area contributed by atoms with E-state index in [9.17, 15) is 4.79 Å². The molecule has 0 bridgehead atoms. The smallest absolute Gasteiger partial charge is 0.234 e. The maximum absolute atomic E-state index is 11.8. The van der Waals surface area contributed by atoms with E-state index < -0.39 is 0 Å². The zero-order valence-electron chi connectivity index (χ0n) is 11.6. The number of rotatable bonds is 4. The van der Waals surface area contributed by atoms with Gasteiger partial charge < -0.3 is 16.0 Å². The molecule has 1 aliphatic carbocycles. The lowest BCUT2D eigenvalue weighted by atomic mass is 10.3. The van der Waals surface area contributed by atoms with Crippen molar-refractivity contribution in [1.82, 2.24) is 15.2 Å². The summed E-state index contributed by atoms with van der Waals surface area (Å²) in [7, 11) is 0. The van der Waals surface area contributed by atoms with Crippen LogP contribution in [0.15, 0.2) is 18.3 Å². The molecule has 20 heavy (non-hydrogen) atoms. The van der Waals surface area contributed by atoms with Gasteiger partial charge in [0, 0.05) is 38.4 Å². The highest BCUT2D eigenvalue weighted by Gasteiger charge is 2.25. The predicted molar refractivity (Wildman–Crippen MR) is 78.5 cm³/mol. The summed E-state index contributed by atoms with van der Waals surface area (Å²) in [6.07, 6.45) is 4.04. The van der Waals surface area contributed by atoms with E-state index in [-0.39, 0.29) is 5.91 Å². The van der Waals surface area contributed by atoms with Gasteiger partial charge in [0.15, 0.2) is 5.82 Å². The number of hydrogen-bond acceptors (Lipinski definition) is 5. The number of pyridine rings is 1. The van der Waals surface area contributed by atoms with Crippen LogP contribution in [0.25, 0.3) is 0 Å². The van der Waals surface area contributed by atoms with Gasteiger partial charge in [-0.15, -0.1) is 0 Å². The summed E-state index contributed by atoms with van der Waals surface area (Å²) in [5.74, 6) is 1.01. The summed E-state index contributed by atoms with van der Waals surface area (Å²) in [6, 6.07) is 4.16. The van der Waals surface area contributed by atoms with Crippen LogP contribution in [0.2, 0.25) is 0 Å². The number of anilines is 2. The van der Waals surface area contributed by atoms with E-state index in [1.165, 1.54) is 0 Å². The summed E-state index contributed by atoms with van der Waals surface area (Å²) < 4.78 is 0. The second-order valence-corrected chi connectivity index (χ2v) is 5.52. The molecule has 1 aromatic rings. The van der Waals surface area contributed by atoms with Crippen molar-refractivity contribution in [3.63, 3.8) is 0 Å². The minimum atomic E-state index is 0.151. The summed E-state index contributed by atoms with van der Waals surface area (Å²) in [5.41, 5.74) is 6.66. The van der Waals surface area contributed by atoms with Crippen molar-refractivity contribution in [2.45, 2.75) is 18.9 Å². The third-order valence-corrected chi connectivity index (χ3v) is 3.80. The molecule has 6 heteroatoms. The number of amides is 1. The molecule has 2 heterocycles. The molecule has 108 valence electrons. The van der Waals surface area contributed by atoms with E-state index in [1.807, 2.05) is 12.1 Å². The van der Waals surface area contributed by atoms with Gasteiger partial charge in [-0.1, -0.05) is 0 Å². The van der Waals surface area contributed by atoms with Gasteiger partial charge in [-0.3, -0.25) is 9.69 Å². The highest BCUT2D eigenvalue weighted by molar-refractivity contribution is 5.78. The van der Waals surface area contributed by atoms with E-state index in [1.54, 1.807) is 6.20 Å². The number of nitrogens with one attached hydrogen (secondary N) is 1. The SMILES string of the molecule is Nc1cccnc1N1CCN(CC(=O)NC2CC2)CC1. The van der Waals surface area contributed by atoms with E-state index in [0.717, 1.165) is 44.8 Å². The van der Waals surface area contributed by atoms with Crippen LogP contribution in [-0.2, 0) is 4.79 Å². The molecule has 3 N–H and O–H groups in total. The van der Waals surface area contributed by atoms with Crippen molar-refractivity contribution in [3.8, 4) is 0 Å². The quantitative estimate of drug-likeness (QED) is 0.813. The summed E-state index contributed by atoms with van der Waals surface area (Å²) in [4.78, 5) is 20.5. The van der Waals surface area contributed by atoms with Crippen LogP contribution in [-0.4, -0.2) is 54.6 Å². The molecule has 1 aromatic heterocycles. The second-order valence-electron chi connectivity index (χ2n) is 5.52. The van der Waals surface area contributed by atoms with Crippen LogP contribution in [0, 0.1) is 0 Å². The molecule has 0 atom stereocenters. The zero-order valence-corrected chi connectivity index (χ0v) is 11.6. The number of nitrogen functional groups attached to an aromatic ring is 1. The molecule has 0 aromatic carbocycles. The summed E-state index contributed by atoms with van der Waals surface area (Å²) in [5, 5.41) is 3.03. The fourth-order valence-corrected chi connectivity index (χ4v) is 2.50. The first-order valence-corrected chi connectivity index (χ1v) is 7.19. The largest absolute Gasteiger partial charge is 0.396 e. The molecule has 1 saturated carbocycles. The first kappa shape index (κ1) is 13.2. The summed E-state index contributed by atoms with van der Waals surface area (Å²) in [6.45, 7) is 3.96. The van der Waals surface area contributed by atoms with Gasteiger partial charge in [0.05, 0.1) is 12.2 Å². The highest BCUT2D eigenvalue weighted by atomic mass is 16.2. The third-order valence-electron chi connectivity index (χ3n) is 3.80. The van der Waals surface area contributed by atoms with Gasteiger partial charge in [0.1, 0.15) is 0 Å². The maximum Gasteiger partial charge on any atom is 0.234 e. The van der Waals surface area contributed by atoms with Crippen LogP contribution < -0.4 is 16.0 Å². The average Bonchev–Trinajstić information content (AvgIpc) is 3.24. The number of aromatic nitrogens is 1. The van der Waals surface area contributed by atoms with Crippen molar-refractivity contribution in [1.29, 1.82) is 0 Å². The fraction of sp³-hybridized carbons (Fsp3) is 0.571. The van der Waals surface area contributed by atoms with Crippen LogP contribution in [0.1, 0.15) is 12.8 Å². The Balaban J connectivity index is 1.49. The standard InChI is InChI=1S/C14H21N5O/c15-12-2-1-5-16-14(12)19-8-6-18(7-9-19)10-13(20)17-11-3-4-11/h1-2,5,11H,3-4,6-10,15H2,(H,17,20). The Morgan fingerprint density at radius 2 is 2.10 bits per heavy atom. The predicted octanol–water partition coefficient (Wildman–Crippen LogP) is 0.0644. The number of carbonyl (C=O) groups excluding carboxylic acids is 1. The average molecular weight is 275 g/mol. The Hall–Kier alpha value is -1.82. The monoisotopic (exact) mass is 275 g/mol. The summed E-state index contributed by atoms with van der Waals surface area (Å²) >= 11 is 0. The molecular formula is C14H21N5O. The maximum atomic E-state index is 11.8. The zero-order chi connectivity index (χ0) is 13.9. The molecule has 6 nitrogen and oxygen atoms in total. The van der Waals surface area contributed by atoms with Crippen molar-refractivity contribution in [3.05, 3.63) is 18.3 Å². The van der Waals surface area contributed by atoms with Gasteiger partial charge in [-0.05, 0) is 25.0 Å². The Morgan fingerprint density at radius 1 is 1.35 bits per heavy atom. The van der Waals surface area contributed by atoms with Crippen LogP contribution in [0.4, 0.5) is 11.5 Å². The minimum Gasteiger partial charge on any atom is -0.396 e. The Morgan fingerprint density at radius 3 is 2.75 bits per heavy atom. The molecule has 0 spiro atoms. The Kier molecular flexibility index (Phi) is 3.73. The topological polar surface area (TPSA) is 74.5 Å². The molecule has 1 saturated heterocycles. The Bertz CT molecular complexity index is 480. The van der Waals surface area contributed by atoms with Crippen LogP contribution in [0.5, 0.6) is 0 Å². The van der Waals surface area contributed by atoms with E-state index >= 15 is 0 Å². The normalized spacial score (nSPS) is 19.9. The molecule has 0 radical (unpaired) electrons. The van der Waals surface area contributed by atoms with Gasteiger partial charge in [0.25, 0.3) is 0 Å². The van der Waals surface area contributed by atoms with E-state index in [0.29, 0.717) is 18.3 Å². The molecule has 2 aliphatic rings. The van der Waals surface area contributed by atoms with Gasteiger partial charge in [-0.2, -0.15) is 0 Å². The highest BCUT2D eigenvalue weighted by Crippen LogP contribution is 2.21. The fourth-order valence-electron chi connectivity index (χ4n) is 2.50. The number of hydrogen-bond donors (Lipinski definition) is 2. The van der Waals surface area contributed by atoms with Crippen LogP contribution >= 0.6 is 0 Å². The molecule has 2 fully saturated rings. The van der Waals surface area contributed by atoms with Crippen molar-refractivity contribution >= 4 is 17.4 Å². The molecule has 3 rings (SSSR count).